The third kappa shape index (κ3) is 3.39. The first kappa shape index (κ1) is 11.8. The van der Waals surface area contributed by atoms with Crippen molar-refractivity contribution in [2.24, 2.45) is 0 Å². The SMILES string of the molecule is CCC(NC(=O)N1CCOCC1)C(=O)O. The molecule has 1 heterocycles. The van der Waals surface area contributed by atoms with Crippen LogP contribution in [0, 0.1) is 0 Å². The van der Waals surface area contributed by atoms with Crippen molar-refractivity contribution in [3.63, 3.8) is 0 Å². The molecule has 0 bridgehead atoms. The Balaban J connectivity index is 2.42. The van der Waals surface area contributed by atoms with Crippen LogP contribution in [-0.2, 0) is 9.53 Å². The Morgan fingerprint density at radius 1 is 1.47 bits per heavy atom. The van der Waals surface area contributed by atoms with Crippen LogP contribution in [0.2, 0.25) is 0 Å². The van der Waals surface area contributed by atoms with E-state index in [4.69, 9.17) is 9.84 Å². The average molecular weight is 216 g/mol. The second-order valence-corrected chi connectivity index (χ2v) is 3.35. The number of aliphatic carboxylic acids is 1. The molecule has 2 amide bonds. The van der Waals surface area contributed by atoms with Crippen molar-refractivity contribution in [3.8, 4) is 0 Å². The third-order valence-corrected chi connectivity index (χ3v) is 2.30. The molecule has 0 aromatic carbocycles. The largest absolute Gasteiger partial charge is 0.480 e. The first-order chi connectivity index (χ1) is 7.15. The number of urea groups is 1. The second kappa shape index (κ2) is 5.55. The van der Waals surface area contributed by atoms with Gasteiger partial charge in [0.1, 0.15) is 6.04 Å². The lowest BCUT2D eigenvalue weighted by Crippen LogP contribution is -2.51. The molecule has 0 radical (unpaired) electrons. The number of rotatable bonds is 3. The molecule has 1 atom stereocenters. The van der Waals surface area contributed by atoms with Gasteiger partial charge in [0.25, 0.3) is 0 Å². The Labute approximate surface area is 88.2 Å². The number of nitrogens with one attached hydrogen (secondary N) is 1. The third-order valence-electron chi connectivity index (χ3n) is 2.30. The predicted octanol–water partition coefficient (Wildman–Crippen LogP) is -0.109. The van der Waals surface area contributed by atoms with Crippen molar-refractivity contribution in [3.05, 3.63) is 0 Å². The number of carbonyl (C=O) groups is 2. The molecular formula is C9H16N2O4. The van der Waals surface area contributed by atoms with Crippen LogP contribution in [0.1, 0.15) is 13.3 Å². The molecule has 0 spiro atoms. The summed E-state index contributed by atoms with van der Waals surface area (Å²) in [5.41, 5.74) is 0. The molecule has 1 saturated heterocycles. The van der Waals surface area contributed by atoms with Crippen LogP contribution in [-0.4, -0.2) is 54.4 Å². The van der Waals surface area contributed by atoms with E-state index in [-0.39, 0.29) is 6.03 Å². The van der Waals surface area contributed by atoms with Gasteiger partial charge in [0.15, 0.2) is 0 Å². The van der Waals surface area contributed by atoms with Gasteiger partial charge in [0.05, 0.1) is 13.2 Å². The number of hydrogen-bond acceptors (Lipinski definition) is 3. The standard InChI is InChI=1S/C9H16N2O4/c1-2-7(8(12)13)10-9(14)11-3-5-15-6-4-11/h7H,2-6H2,1H3,(H,10,14)(H,12,13). The molecule has 0 saturated carbocycles. The number of carboxylic acids is 1. The molecule has 0 aromatic rings. The molecule has 1 aliphatic rings. The lowest BCUT2D eigenvalue weighted by atomic mass is 10.2. The summed E-state index contributed by atoms with van der Waals surface area (Å²) in [7, 11) is 0. The van der Waals surface area contributed by atoms with Gasteiger partial charge in [-0.25, -0.2) is 9.59 Å². The zero-order chi connectivity index (χ0) is 11.3. The fourth-order valence-corrected chi connectivity index (χ4v) is 1.35. The minimum Gasteiger partial charge on any atom is -0.480 e. The highest BCUT2D eigenvalue weighted by Gasteiger charge is 2.22. The van der Waals surface area contributed by atoms with Crippen LogP contribution in [0.3, 0.4) is 0 Å². The first-order valence-electron chi connectivity index (χ1n) is 5.01. The molecule has 1 rings (SSSR count). The maximum Gasteiger partial charge on any atom is 0.326 e. The lowest BCUT2D eigenvalue weighted by Gasteiger charge is -2.28. The number of carboxylic acid groups (broad SMARTS) is 1. The van der Waals surface area contributed by atoms with Gasteiger partial charge in [-0.05, 0) is 6.42 Å². The quantitative estimate of drug-likeness (QED) is 0.690. The van der Waals surface area contributed by atoms with Crippen molar-refractivity contribution in [2.45, 2.75) is 19.4 Å². The highest BCUT2D eigenvalue weighted by atomic mass is 16.5. The van der Waals surface area contributed by atoms with E-state index in [1.807, 2.05) is 0 Å². The maximum atomic E-state index is 11.6. The molecule has 1 aliphatic heterocycles. The van der Waals surface area contributed by atoms with Gasteiger partial charge in [-0.2, -0.15) is 0 Å². The first-order valence-corrected chi connectivity index (χ1v) is 5.01. The van der Waals surface area contributed by atoms with Gasteiger partial charge < -0.3 is 20.1 Å². The molecule has 1 unspecified atom stereocenters. The molecule has 6 heteroatoms. The van der Waals surface area contributed by atoms with E-state index in [2.05, 4.69) is 5.32 Å². The molecule has 1 fully saturated rings. The van der Waals surface area contributed by atoms with E-state index < -0.39 is 12.0 Å². The zero-order valence-corrected chi connectivity index (χ0v) is 8.73. The van der Waals surface area contributed by atoms with Gasteiger partial charge >= 0.3 is 12.0 Å². The van der Waals surface area contributed by atoms with Crippen molar-refractivity contribution >= 4 is 12.0 Å². The summed E-state index contributed by atoms with van der Waals surface area (Å²) in [5.74, 6) is -1.00. The lowest BCUT2D eigenvalue weighted by molar-refractivity contribution is -0.139. The number of hydrogen-bond donors (Lipinski definition) is 2. The summed E-state index contributed by atoms with van der Waals surface area (Å²) in [6.07, 6.45) is 0.380. The topological polar surface area (TPSA) is 78.9 Å². The number of carbonyl (C=O) groups excluding carboxylic acids is 1. The van der Waals surface area contributed by atoms with E-state index in [1.54, 1.807) is 11.8 Å². The summed E-state index contributed by atoms with van der Waals surface area (Å²) < 4.78 is 5.09. The molecule has 0 aromatic heterocycles. The van der Waals surface area contributed by atoms with E-state index in [1.165, 1.54) is 0 Å². The number of amides is 2. The van der Waals surface area contributed by atoms with Gasteiger partial charge in [0, 0.05) is 13.1 Å². The summed E-state index contributed by atoms with van der Waals surface area (Å²) in [5, 5.41) is 11.2. The number of nitrogens with zero attached hydrogens (tertiary/aromatic N) is 1. The number of ether oxygens (including phenoxy) is 1. The summed E-state index contributed by atoms with van der Waals surface area (Å²) >= 11 is 0. The van der Waals surface area contributed by atoms with Gasteiger partial charge in [0.2, 0.25) is 0 Å². The van der Waals surface area contributed by atoms with Crippen molar-refractivity contribution in [1.29, 1.82) is 0 Å². The minimum atomic E-state index is -1.00. The van der Waals surface area contributed by atoms with Crippen LogP contribution in [0.25, 0.3) is 0 Å². The summed E-state index contributed by atoms with van der Waals surface area (Å²) in [6.45, 7) is 3.77. The molecular weight excluding hydrogens is 200 g/mol. The van der Waals surface area contributed by atoms with Crippen molar-refractivity contribution in [2.75, 3.05) is 26.3 Å². The fraction of sp³-hybridized carbons (Fsp3) is 0.778. The van der Waals surface area contributed by atoms with E-state index in [0.717, 1.165) is 0 Å². The highest BCUT2D eigenvalue weighted by Crippen LogP contribution is 1.99. The Morgan fingerprint density at radius 3 is 2.53 bits per heavy atom. The molecule has 6 nitrogen and oxygen atoms in total. The molecule has 0 aliphatic carbocycles. The maximum absolute atomic E-state index is 11.6. The van der Waals surface area contributed by atoms with Gasteiger partial charge in [-0.1, -0.05) is 6.92 Å². The fourth-order valence-electron chi connectivity index (χ4n) is 1.35. The Morgan fingerprint density at radius 2 is 2.07 bits per heavy atom. The Bertz CT molecular complexity index is 238. The van der Waals surface area contributed by atoms with Crippen LogP contribution in [0.5, 0.6) is 0 Å². The van der Waals surface area contributed by atoms with Crippen molar-refractivity contribution in [1.82, 2.24) is 10.2 Å². The number of morpholine rings is 1. The van der Waals surface area contributed by atoms with Gasteiger partial charge in [-0.3, -0.25) is 0 Å². The van der Waals surface area contributed by atoms with Crippen LogP contribution in [0.4, 0.5) is 4.79 Å². The van der Waals surface area contributed by atoms with Crippen molar-refractivity contribution < 1.29 is 19.4 Å². The summed E-state index contributed by atoms with van der Waals surface area (Å²) in [6, 6.07) is -1.13. The second-order valence-electron chi connectivity index (χ2n) is 3.35. The van der Waals surface area contributed by atoms with Crippen LogP contribution >= 0.6 is 0 Å². The molecule has 2 N–H and O–H groups in total. The predicted molar refractivity (Wildman–Crippen MR) is 52.6 cm³/mol. The van der Waals surface area contributed by atoms with E-state index in [9.17, 15) is 9.59 Å². The van der Waals surface area contributed by atoms with E-state index in [0.29, 0.717) is 32.7 Å². The van der Waals surface area contributed by atoms with Crippen LogP contribution in [0.15, 0.2) is 0 Å². The Kier molecular flexibility index (Phi) is 4.36. The van der Waals surface area contributed by atoms with E-state index >= 15 is 0 Å². The molecule has 86 valence electrons. The molecule has 15 heavy (non-hydrogen) atoms. The smallest absolute Gasteiger partial charge is 0.326 e. The van der Waals surface area contributed by atoms with Gasteiger partial charge in [-0.15, -0.1) is 0 Å². The minimum absolute atomic E-state index is 0.326. The average Bonchev–Trinajstić information content (AvgIpc) is 2.26. The zero-order valence-electron chi connectivity index (χ0n) is 8.73. The van der Waals surface area contributed by atoms with Crippen LogP contribution < -0.4 is 5.32 Å². The highest BCUT2D eigenvalue weighted by molar-refractivity contribution is 5.82. The normalized spacial score (nSPS) is 18.3. The monoisotopic (exact) mass is 216 g/mol. The summed E-state index contributed by atoms with van der Waals surface area (Å²) in [4.78, 5) is 23.8. The Hall–Kier alpha value is -1.30.